The molecule has 0 saturated carbocycles. The number of amides is 1. The van der Waals surface area contributed by atoms with Gasteiger partial charge < -0.3 is 10.6 Å². The van der Waals surface area contributed by atoms with Crippen LogP contribution >= 0.6 is 35.6 Å². The molecule has 1 saturated heterocycles. The van der Waals surface area contributed by atoms with Crippen LogP contribution in [0.25, 0.3) is 0 Å². The molecular formula is C21H25Cl3N2O. The highest BCUT2D eigenvalue weighted by Gasteiger charge is 2.34. The maximum absolute atomic E-state index is 12.6. The zero-order valence-corrected chi connectivity index (χ0v) is 17.4. The third kappa shape index (κ3) is 5.61. The number of rotatable bonds is 6. The SMILES string of the molecule is Cl.NC[C@@H]1CN(C(=O)CCCc2ccc(Cl)c(Cl)c2)C[C@H]1c1ccccc1. The van der Waals surface area contributed by atoms with Gasteiger partial charge in [0.2, 0.25) is 5.91 Å². The Balaban J connectivity index is 0.00000261. The lowest BCUT2D eigenvalue weighted by Crippen LogP contribution is -2.29. The zero-order valence-electron chi connectivity index (χ0n) is 15.1. The van der Waals surface area contributed by atoms with Crippen LogP contribution in [0.1, 0.15) is 29.9 Å². The lowest BCUT2D eigenvalue weighted by atomic mass is 9.89. The smallest absolute Gasteiger partial charge is 0.222 e. The van der Waals surface area contributed by atoms with Crippen molar-refractivity contribution in [2.75, 3.05) is 19.6 Å². The van der Waals surface area contributed by atoms with Gasteiger partial charge in [0.1, 0.15) is 0 Å². The molecule has 1 aliphatic heterocycles. The monoisotopic (exact) mass is 426 g/mol. The molecule has 3 nitrogen and oxygen atoms in total. The first-order chi connectivity index (χ1) is 12.6. The fraction of sp³-hybridized carbons (Fsp3) is 0.381. The van der Waals surface area contributed by atoms with Crippen LogP contribution < -0.4 is 5.73 Å². The second-order valence-electron chi connectivity index (χ2n) is 6.91. The van der Waals surface area contributed by atoms with Crippen molar-refractivity contribution >= 4 is 41.5 Å². The Bertz CT molecular complexity index is 754. The minimum Gasteiger partial charge on any atom is -0.342 e. The van der Waals surface area contributed by atoms with E-state index in [1.54, 1.807) is 6.07 Å². The summed E-state index contributed by atoms with van der Waals surface area (Å²) in [6.07, 6.45) is 2.16. The zero-order chi connectivity index (χ0) is 18.5. The number of aryl methyl sites for hydroxylation is 1. The van der Waals surface area contributed by atoms with Crippen LogP contribution in [0.4, 0.5) is 0 Å². The Morgan fingerprint density at radius 1 is 1.07 bits per heavy atom. The summed E-state index contributed by atoms with van der Waals surface area (Å²) in [5.41, 5.74) is 8.34. The van der Waals surface area contributed by atoms with E-state index in [4.69, 9.17) is 28.9 Å². The van der Waals surface area contributed by atoms with Crippen molar-refractivity contribution in [2.24, 2.45) is 11.7 Å². The summed E-state index contributed by atoms with van der Waals surface area (Å²) in [5, 5.41) is 1.12. The molecule has 6 heteroatoms. The van der Waals surface area contributed by atoms with Crippen molar-refractivity contribution in [3.05, 3.63) is 69.7 Å². The second-order valence-corrected chi connectivity index (χ2v) is 7.73. The van der Waals surface area contributed by atoms with Crippen molar-refractivity contribution in [2.45, 2.75) is 25.2 Å². The van der Waals surface area contributed by atoms with E-state index in [2.05, 4.69) is 12.1 Å². The molecule has 2 aromatic rings. The lowest BCUT2D eigenvalue weighted by Gasteiger charge is -2.17. The van der Waals surface area contributed by atoms with Gasteiger partial charge in [-0.25, -0.2) is 0 Å². The van der Waals surface area contributed by atoms with Gasteiger partial charge in [0, 0.05) is 25.4 Å². The molecule has 146 valence electrons. The second kappa shape index (κ2) is 10.3. The number of nitrogens with zero attached hydrogens (tertiary/aromatic N) is 1. The number of halogens is 3. The molecule has 2 N–H and O–H groups in total. The Morgan fingerprint density at radius 3 is 2.48 bits per heavy atom. The average molecular weight is 428 g/mol. The summed E-state index contributed by atoms with van der Waals surface area (Å²) < 4.78 is 0. The summed E-state index contributed by atoms with van der Waals surface area (Å²) in [4.78, 5) is 14.6. The van der Waals surface area contributed by atoms with Crippen molar-refractivity contribution in [3.63, 3.8) is 0 Å². The van der Waals surface area contributed by atoms with E-state index >= 15 is 0 Å². The molecule has 3 rings (SSSR count). The van der Waals surface area contributed by atoms with Gasteiger partial charge in [-0.15, -0.1) is 12.4 Å². The van der Waals surface area contributed by atoms with Crippen LogP contribution in [0.5, 0.6) is 0 Å². The molecule has 1 amide bonds. The standard InChI is InChI=1S/C21H24Cl2N2O.ClH/c22-19-10-9-15(11-20(19)23)5-4-8-21(26)25-13-17(12-24)18(14-25)16-6-2-1-3-7-16;/h1-3,6-7,9-11,17-18H,4-5,8,12-14,24H2;1H/t17-,18+;/m1./s1. The summed E-state index contributed by atoms with van der Waals surface area (Å²) in [6, 6.07) is 16.0. The summed E-state index contributed by atoms with van der Waals surface area (Å²) in [5.74, 6) is 0.874. The highest BCUT2D eigenvalue weighted by atomic mass is 35.5. The molecule has 1 fully saturated rings. The molecule has 2 atom stereocenters. The van der Waals surface area contributed by atoms with Crippen LogP contribution in [0.3, 0.4) is 0 Å². The molecule has 0 radical (unpaired) electrons. The van der Waals surface area contributed by atoms with Crippen LogP contribution in [0.2, 0.25) is 10.0 Å². The van der Waals surface area contributed by atoms with Crippen LogP contribution in [0, 0.1) is 5.92 Å². The molecule has 2 aromatic carbocycles. The molecule has 1 aliphatic rings. The van der Waals surface area contributed by atoms with Gasteiger partial charge in [-0.05, 0) is 48.6 Å². The van der Waals surface area contributed by atoms with E-state index in [1.807, 2.05) is 35.2 Å². The normalized spacial score (nSPS) is 19.0. The van der Waals surface area contributed by atoms with E-state index in [9.17, 15) is 4.79 Å². The molecule has 0 aromatic heterocycles. The quantitative estimate of drug-likeness (QED) is 0.710. The summed E-state index contributed by atoms with van der Waals surface area (Å²) in [7, 11) is 0. The van der Waals surface area contributed by atoms with Gasteiger partial charge in [0.15, 0.2) is 0 Å². The van der Waals surface area contributed by atoms with E-state index in [-0.39, 0.29) is 18.3 Å². The first-order valence-electron chi connectivity index (χ1n) is 9.05. The number of nitrogens with two attached hydrogens (primary N) is 1. The van der Waals surface area contributed by atoms with Crippen LogP contribution in [-0.4, -0.2) is 30.4 Å². The maximum Gasteiger partial charge on any atom is 0.222 e. The van der Waals surface area contributed by atoms with Gasteiger partial charge in [0.25, 0.3) is 0 Å². The van der Waals surface area contributed by atoms with E-state index < -0.39 is 0 Å². The fourth-order valence-corrected chi connectivity index (χ4v) is 4.01. The molecule has 1 heterocycles. The number of likely N-dealkylation sites (tertiary alicyclic amines) is 1. The molecule has 0 unspecified atom stereocenters. The van der Waals surface area contributed by atoms with Crippen molar-refractivity contribution in [1.29, 1.82) is 0 Å². The van der Waals surface area contributed by atoms with Crippen LogP contribution in [-0.2, 0) is 11.2 Å². The topological polar surface area (TPSA) is 46.3 Å². The minimum atomic E-state index is 0. The Morgan fingerprint density at radius 2 is 1.81 bits per heavy atom. The number of hydrogen-bond acceptors (Lipinski definition) is 2. The molecule has 27 heavy (non-hydrogen) atoms. The van der Waals surface area contributed by atoms with Gasteiger partial charge in [0.05, 0.1) is 10.0 Å². The number of hydrogen-bond donors (Lipinski definition) is 1. The Labute approximate surface area is 177 Å². The number of carbonyl (C=O) groups excluding carboxylic acids is 1. The first-order valence-corrected chi connectivity index (χ1v) is 9.80. The molecule has 0 aliphatic carbocycles. The predicted octanol–water partition coefficient (Wildman–Crippen LogP) is 4.94. The van der Waals surface area contributed by atoms with E-state index in [0.29, 0.717) is 34.8 Å². The third-order valence-electron chi connectivity index (χ3n) is 5.16. The van der Waals surface area contributed by atoms with Crippen molar-refractivity contribution in [3.8, 4) is 0 Å². The Kier molecular flexibility index (Phi) is 8.43. The minimum absolute atomic E-state index is 0. The molecule has 0 bridgehead atoms. The average Bonchev–Trinajstić information content (AvgIpc) is 3.10. The van der Waals surface area contributed by atoms with Gasteiger partial charge in [-0.3, -0.25) is 4.79 Å². The fourth-order valence-electron chi connectivity index (χ4n) is 3.69. The van der Waals surface area contributed by atoms with Gasteiger partial charge >= 0.3 is 0 Å². The van der Waals surface area contributed by atoms with Crippen molar-refractivity contribution < 1.29 is 4.79 Å². The lowest BCUT2D eigenvalue weighted by molar-refractivity contribution is -0.130. The Hall–Kier alpha value is -1.26. The first kappa shape index (κ1) is 22.0. The van der Waals surface area contributed by atoms with Crippen LogP contribution in [0.15, 0.2) is 48.5 Å². The number of benzene rings is 2. The van der Waals surface area contributed by atoms with E-state index in [1.165, 1.54) is 5.56 Å². The van der Waals surface area contributed by atoms with E-state index in [0.717, 1.165) is 31.5 Å². The highest BCUT2D eigenvalue weighted by Crippen LogP contribution is 2.32. The van der Waals surface area contributed by atoms with Crippen molar-refractivity contribution in [1.82, 2.24) is 4.90 Å². The summed E-state index contributed by atoms with van der Waals surface area (Å²) >= 11 is 12.0. The number of carbonyl (C=O) groups is 1. The molecular weight excluding hydrogens is 403 g/mol. The maximum atomic E-state index is 12.6. The van der Waals surface area contributed by atoms with Gasteiger partial charge in [-0.1, -0.05) is 59.6 Å². The molecule has 0 spiro atoms. The highest BCUT2D eigenvalue weighted by molar-refractivity contribution is 6.42. The predicted molar refractivity (Wildman–Crippen MR) is 115 cm³/mol. The third-order valence-corrected chi connectivity index (χ3v) is 5.90. The van der Waals surface area contributed by atoms with Gasteiger partial charge in [-0.2, -0.15) is 0 Å². The summed E-state index contributed by atoms with van der Waals surface area (Å²) in [6.45, 7) is 2.12. The largest absolute Gasteiger partial charge is 0.342 e.